The van der Waals surface area contributed by atoms with Gasteiger partial charge in [0.2, 0.25) is 5.91 Å². The van der Waals surface area contributed by atoms with Gasteiger partial charge >= 0.3 is 0 Å². The highest BCUT2D eigenvalue weighted by molar-refractivity contribution is 5.79. The van der Waals surface area contributed by atoms with Crippen molar-refractivity contribution in [3.63, 3.8) is 0 Å². The van der Waals surface area contributed by atoms with Crippen LogP contribution in [-0.4, -0.2) is 72.5 Å². The van der Waals surface area contributed by atoms with Crippen molar-refractivity contribution in [3.8, 4) is 0 Å². The van der Waals surface area contributed by atoms with Crippen LogP contribution in [0.25, 0.3) is 0 Å². The molecular formula is C13H27N3O. The van der Waals surface area contributed by atoms with Gasteiger partial charge in [-0.2, -0.15) is 0 Å². The van der Waals surface area contributed by atoms with E-state index in [-0.39, 0.29) is 11.4 Å². The predicted molar refractivity (Wildman–Crippen MR) is 71.1 cm³/mol. The van der Waals surface area contributed by atoms with E-state index in [2.05, 4.69) is 37.5 Å². The number of carbonyl (C=O) groups excluding carboxylic acids is 1. The Hall–Kier alpha value is -0.610. The van der Waals surface area contributed by atoms with Crippen molar-refractivity contribution in [3.05, 3.63) is 0 Å². The number of likely N-dealkylation sites (N-methyl/N-ethyl adjacent to an activating group) is 1. The Kier molecular flexibility index (Phi) is 4.55. The van der Waals surface area contributed by atoms with Crippen molar-refractivity contribution >= 4 is 5.91 Å². The van der Waals surface area contributed by atoms with Gasteiger partial charge in [-0.05, 0) is 41.8 Å². The van der Waals surface area contributed by atoms with Gasteiger partial charge < -0.3 is 9.80 Å². The molecule has 1 fully saturated rings. The largest absolute Gasteiger partial charge is 0.339 e. The zero-order valence-corrected chi connectivity index (χ0v) is 12.2. The lowest BCUT2D eigenvalue weighted by Gasteiger charge is -2.46. The molecule has 4 nitrogen and oxygen atoms in total. The van der Waals surface area contributed by atoms with E-state index in [0.717, 1.165) is 19.6 Å². The van der Waals surface area contributed by atoms with E-state index >= 15 is 0 Å². The van der Waals surface area contributed by atoms with Crippen LogP contribution >= 0.6 is 0 Å². The van der Waals surface area contributed by atoms with Crippen LogP contribution in [0.2, 0.25) is 0 Å². The van der Waals surface area contributed by atoms with Gasteiger partial charge in [-0.1, -0.05) is 0 Å². The third-order valence-corrected chi connectivity index (χ3v) is 3.35. The van der Waals surface area contributed by atoms with Crippen LogP contribution in [0.4, 0.5) is 0 Å². The number of nitrogens with zero attached hydrogens (tertiary/aromatic N) is 3. The third-order valence-electron chi connectivity index (χ3n) is 3.35. The van der Waals surface area contributed by atoms with E-state index in [0.29, 0.717) is 12.6 Å². The van der Waals surface area contributed by atoms with E-state index < -0.39 is 0 Å². The minimum Gasteiger partial charge on any atom is -0.339 e. The summed E-state index contributed by atoms with van der Waals surface area (Å²) in [6, 6.07) is 0.440. The van der Waals surface area contributed by atoms with Crippen LogP contribution in [-0.2, 0) is 4.79 Å². The molecule has 17 heavy (non-hydrogen) atoms. The summed E-state index contributed by atoms with van der Waals surface area (Å²) in [5.41, 5.74) is 0.0721. The van der Waals surface area contributed by atoms with Gasteiger partial charge in [0.05, 0.1) is 6.54 Å². The van der Waals surface area contributed by atoms with E-state index in [1.807, 2.05) is 19.0 Å². The molecule has 1 aliphatic heterocycles. The summed E-state index contributed by atoms with van der Waals surface area (Å²) in [4.78, 5) is 18.5. The molecule has 1 heterocycles. The van der Waals surface area contributed by atoms with Crippen molar-refractivity contribution < 1.29 is 4.79 Å². The molecule has 1 amide bonds. The summed E-state index contributed by atoms with van der Waals surface area (Å²) >= 11 is 0. The quantitative estimate of drug-likeness (QED) is 0.734. The van der Waals surface area contributed by atoms with Crippen molar-refractivity contribution in [2.45, 2.75) is 39.3 Å². The minimum absolute atomic E-state index is 0.0721. The minimum atomic E-state index is 0.0721. The average molecular weight is 241 g/mol. The summed E-state index contributed by atoms with van der Waals surface area (Å²) in [5.74, 6) is 0.264. The maximum Gasteiger partial charge on any atom is 0.236 e. The van der Waals surface area contributed by atoms with Crippen LogP contribution in [0.3, 0.4) is 0 Å². The molecule has 1 atom stereocenters. The predicted octanol–water partition coefficient (Wildman–Crippen LogP) is 0.879. The molecule has 0 spiro atoms. The van der Waals surface area contributed by atoms with Gasteiger partial charge in [0.15, 0.2) is 0 Å². The van der Waals surface area contributed by atoms with Gasteiger partial charge in [0, 0.05) is 31.2 Å². The molecule has 100 valence electrons. The Labute approximate surface area is 106 Å². The van der Waals surface area contributed by atoms with Crippen molar-refractivity contribution in [1.29, 1.82) is 0 Å². The van der Waals surface area contributed by atoms with E-state index in [4.69, 9.17) is 0 Å². The Morgan fingerprint density at radius 3 is 2.41 bits per heavy atom. The number of amides is 1. The normalized spacial score (nSPS) is 23.6. The number of carbonyl (C=O) groups is 1. The van der Waals surface area contributed by atoms with Gasteiger partial charge in [-0.3, -0.25) is 9.69 Å². The number of hydrogen-bond donors (Lipinski definition) is 0. The fourth-order valence-corrected chi connectivity index (χ4v) is 2.36. The van der Waals surface area contributed by atoms with Crippen LogP contribution in [0, 0.1) is 0 Å². The lowest BCUT2D eigenvalue weighted by atomic mass is 10.0. The smallest absolute Gasteiger partial charge is 0.236 e. The summed E-state index contributed by atoms with van der Waals surface area (Å²) in [6.45, 7) is 11.9. The first-order chi connectivity index (χ1) is 7.71. The molecule has 1 rings (SSSR count). The Balaban J connectivity index is 2.58. The summed E-state index contributed by atoms with van der Waals surface area (Å²) in [7, 11) is 4.08. The first kappa shape index (κ1) is 14.5. The van der Waals surface area contributed by atoms with Gasteiger partial charge in [0.1, 0.15) is 0 Å². The van der Waals surface area contributed by atoms with Crippen LogP contribution in [0.1, 0.15) is 27.7 Å². The van der Waals surface area contributed by atoms with E-state index in [9.17, 15) is 4.79 Å². The second kappa shape index (κ2) is 5.36. The molecule has 4 heteroatoms. The maximum atomic E-state index is 12.1. The molecule has 1 saturated heterocycles. The standard InChI is InChI=1S/C13H27N3O/c1-11-9-15(8-7-14(5)6)12(17)10-16(11)13(2,3)4/h11H,7-10H2,1-6H3. The van der Waals surface area contributed by atoms with Crippen molar-refractivity contribution in [2.24, 2.45) is 0 Å². The lowest BCUT2D eigenvalue weighted by molar-refractivity contribution is -0.141. The Morgan fingerprint density at radius 1 is 1.35 bits per heavy atom. The molecule has 0 aromatic rings. The summed E-state index contributed by atoms with van der Waals surface area (Å²) < 4.78 is 0. The van der Waals surface area contributed by atoms with Gasteiger partial charge in [-0.15, -0.1) is 0 Å². The highest BCUT2D eigenvalue weighted by Gasteiger charge is 2.35. The second-order valence-electron chi connectivity index (χ2n) is 6.29. The molecule has 0 aromatic heterocycles. The summed E-state index contributed by atoms with van der Waals surface area (Å²) in [6.07, 6.45) is 0. The van der Waals surface area contributed by atoms with Crippen LogP contribution in [0.5, 0.6) is 0 Å². The molecule has 0 N–H and O–H groups in total. The van der Waals surface area contributed by atoms with Crippen LogP contribution < -0.4 is 0 Å². The molecule has 0 radical (unpaired) electrons. The monoisotopic (exact) mass is 241 g/mol. The Morgan fingerprint density at radius 2 is 1.94 bits per heavy atom. The first-order valence-corrected chi connectivity index (χ1v) is 6.41. The zero-order chi connectivity index (χ0) is 13.2. The molecule has 0 saturated carbocycles. The average Bonchev–Trinajstić information content (AvgIpc) is 2.17. The molecule has 0 aromatic carbocycles. The Bertz CT molecular complexity index is 270. The highest BCUT2D eigenvalue weighted by atomic mass is 16.2. The van der Waals surface area contributed by atoms with E-state index in [1.165, 1.54) is 0 Å². The molecule has 0 aliphatic carbocycles. The fraction of sp³-hybridized carbons (Fsp3) is 0.923. The number of rotatable bonds is 3. The topological polar surface area (TPSA) is 26.8 Å². The molecule has 1 unspecified atom stereocenters. The van der Waals surface area contributed by atoms with Crippen LogP contribution in [0.15, 0.2) is 0 Å². The third kappa shape index (κ3) is 3.96. The second-order valence-corrected chi connectivity index (χ2v) is 6.29. The molecule has 0 bridgehead atoms. The number of hydrogen-bond acceptors (Lipinski definition) is 3. The number of piperazine rings is 1. The van der Waals surface area contributed by atoms with Gasteiger partial charge in [0.25, 0.3) is 0 Å². The van der Waals surface area contributed by atoms with Crippen molar-refractivity contribution in [1.82, 2.24) is 14.7 Å². The SMILES string of the molecule is CC1CN(CCN(C)C)C(=O)CN1C(C)(C)C. The summed E-state index contributed by atoms with van der Waals surface area (Å²) in [5, 5.41) is 0. The zero-order valence-electron chi connectivity index (χ0n) is 12.2. The lowest BCUT2D eigenvalue weighted by Crippen LogP contribution is -2.61. The maximum absolute atomic E-state index is 12.1. The molecule has 1 aliphatic rings. The fourth-order valence-electron chi connectivity index (χ4n) is 2.36. The van der Waals surface area contributed by atoms with Crippen molar-refractivity contribution in [2.75, 3.05) is 40.3 Å². The van der Waals surface area contributed by atoms with E-state index in [1.54, 1.807) is 0 Å². The first-order valence-electron chi connectivity index (χ1n) is 6.41. The highest BCUT2D eigenvalue weighted by Crippen LogP contribution is 2.21. The molecular weight excluding hydrogens is 214 g/mol. The van der Waals surface area contributed by atoms with Gasteiger partial charge in [-0.25, -0.2) is 0 Å².